The lowest BCUT2D eigenvalue weighted by molar-refractivity contribution is -0.118. The Labute approximate surface area is 124 Å². The smallest absolute Gasteiger partial charge is 0.264 e. The van der Waals surface area contributed by atoms with E-state index < -0.39 is 0 Å². The molecular formula is C13H13N3O4S. The fourth-order valence-corrected chi connectivity index (χ4v) is 2.16. The molecule has 0 aliphatic rings. The number of benzene rings is 1. The summed E-state index contributed by atoms with van der Waals surface area (Å²) in [5, 5.41) is 11.3. The highest BCUT2D eigenvalue weighted by Crippen LogP contribution is 2.16. The first-order chi connectivity index (χ1) is 10.2. The number of anilines is 1. The first-order valence-electron chi connectivity index (χ1n) is 6.00. The number of hydrogen-bond acceptors (Lipinski definition) is 7. The molecule has 0 unspecified atom stereocenters. The minimum Gasteiger partial charge on any atom is -0.484 e. The SMILES string of the molecule is COCc1nnc(NC(=O)COc2ccc(C=O)cc2)s1. The van der Waals surface area contributed by atoms with E-state index in [1.807, 2.05) is 0 Å². The first kappa shape index (κ1) is 15.1. The van der Waals surface area contributed by atoms with Gasteiger partial charge in [-0.3, -0.25) is 14.9 Å². The Kier molecular flexibility index (Phi) is 5.35. The molecule has 1 N–H and O–H groups in total. The normalized spacial score (nSPS) is 10.1. The molecule has 1 aromatic carbocycles. The molecule has 8 heteroatoms. The van der Waals surface area contributed by atoms with Crippen LogP contribution in [0.5, 0.6) is 5.75 Å². The highest BCUT2D eigenvalue weighted by Gasteiger charge is 2.08. The van der Waals surface area contributed by atoms with Crippen molar-refractivity contribution in [3.05, 3.63) is 34.8 Å². The third-order valence-electron chi connectivity index (χ3n) is 2.37. The Bertz CT molecular complexity index is 612. The van der Waals surface area contributed by atoms with Crippen molar-refractivity contribution in [2.45, 2.75) is 6.61 Å². The zero-order valence-electron chi connectivity index (χ0n) is 11.2. The molecule has 0 spiro atoms. The Hall–Kier alpha value is -2.32. The number of carbonyl (C=O) groups is 2. The summed E-state index contributed by atoms with van der Waals surface area (Å²) in [5.74, 6) is 0.169. The van der Waals surface area contributed by atoms with E-state index in [9.17, 15) is 9.59 Å². The standard InChI is InChI=1S/C13H13N3O4S/c1-19-8-12-15-16-13(21-12)14-11(18)7-20-10-4-2-9(6-17)3-5-10/h2-6H,7-8H2,1H3,(H,14,16,18). The van der Waals surface area contributed by atoms with Crippen LogP contribution in [0, 0.1) is 0 Å². The van der Waals surface area contributed by atoms with E-state index in [0.717, 1.165) is 6.29 Å². The number of amides is 1. The topological polar surface area (TPSA) is 90.4 Å². The van der Waals surface area contributed by atoms with Crippen molar-refractivity contribution in [2.75, 3.05) is 19.0 Å². The maximum absolute atomic E-state index is 11.7. The number of nitrogens with one attached hydrogen (secondary N) is 1. The quantitative estimate of drug-likeness (QED) is 0.780. The molecule has 1 aromatic heterocycles. The Morgan fingerprint density at radius 2 is 2.10 bits per heavy atom. The van der Waals surface area contributed by atoms with E-state index >= 15 is 0 Å². The average Bonchev–Trinajstić information content (AvgIpc) is 2.93. The van der Waals surface area contributed by atoms with Crippen LogP contribution >= 0.6 is 11.3 Å². The molecule has 0 aliphatic heterocycles. The summed E-state index contributed by atoms with van der Waals surface area (Å²) in [5.41, 5.74) is 0.548. The van der Waals surface area contributed by atoms with Gasteiger partial charge >= 0.3 is 0 Å². The molecule has 0 aliphatic carbocycles. The molecule has 1 amide bonds. The third kappa shape index (κ3) is 4.62. The van der Waals surface area contributed by atoms with Gasteiger partial charge in [-0.15, -0.1) is 10.2 Å². The zero-order chi connectivity index (χ0) is 15.1. The minimum absolute atomic E-state index is 0.153. The number of carbonyl (C=O) groups excluding carboxylic acids is 2. The van der Waals surface area contributed by atoms with Gasteiger partial charge in [-0.2, -0.15) is 0 Å². The summed E-state index contributed by atoms with van der Waals surface area (Å²) < 4.78 is 10.2. The molecular weight excluding hydrogens is 294 g/mol. The maximum Gasteiger partial charge on any atom is 0.264 e. The van der Waals surface area contributed by atoms with Crippen LogP contribution in [-0.2, 0) is 16.1 Å². The molecule has 21 heavy (non-hydrogen) atoms. The van der Waals surface area contributed by atoms with Gasteiger partial charge in [0.05, 0.1) is 0 Å². The lowest BCUT2D eigenvalue weighted by atomic mass is 10.2. The largest absolute Gasteiger partial charge is 0.484 e. The lowest BCUT2D eigenvalue weighted by Gasteiger charge is -2.05. The fourth-order valence-electron chi connectivity index (χ4n) is 1.43. The van der Waals surface area contributed by atoms with Crippen molar-refractivity contribution in [3.63, 3.8) is 0 Å². The van der Waals surface area contributed by atoms with Crippen LogP contribution in [0.3, 0.4) is 0 Å². The van der Waals surface area contributed by atoms with E-state index in [2.05, 4.69) is 15.5 Å². The van der Waals surface area contributed by atoms with Gasteiger partial charge < -0.3 is 9.47 Å². The predicted octanol–water partition coefficient (Wildman–Crippen LogP) is 1.51. The fraction of sp³-hybridized carbons (Fsp3) is 0.231. The van der Waals surface area contributed by atoms with Crippen molar-refractivity contribution in [3.8, 4) is 5.75 Å². The van der Waals surface area contributed by atoms with Crippen LogP contribution in [0.15, 0.2) is 24.3 Å². The van der Waals surface area contributed by atoms with Gasteiger partial charge in [-0.1, -0.05) is 11.3 Å². The van der Waals surface area contributed by atoms with Crippen molar-refractivity contribution in [1.29, 1.82) is 0 Å². The van der Waals surface area contributed by atoms with Crippen LogP contribution in [0.25, 0.3) is 0 Å². The number of ether oxygens (including phenoxy) is 2. The number of aldehydes is 1. The van der Waals surface area contributed by atoms with Crippen LogP contribution in [0.4, 0.5) is 5.13 Å². The molecule has 110 valence electrons. The monoisotopic (exact) mass is 307 g/mol. The third-order valence-corrected chi connectivity index (χ3v) is 3.18. The second-order valence-corrected chi connectivity index (χ2v) is 5.02. The van der Waals surface area contributed by atoms with E-state index in [1.54, 1.807) is 31.4 Å². The summed E-state index contributed by atoms with van der Waals surface area (Å²) in [6.07, 6.45) is 0.740. The van der Waals surface area contributed by atoms with Crippen LogP contribution in [-0.4, -0.2) is 36.1 Å². The summed E-state index contributed by atoms with van der Waals surface area (Å²) in [6.45, 7) is 0.201. The second kappa shape index (κ2) is 7.46. The average molecular weight is 307 g/mol. The number of nitrogens with zero attached hydrogens (tertiary/aromatic N) is 2. The molecule has 2 rings (SSSR count). The summed E-state index contributed by atoms with van der Waals surface area (Å²) in [6, 6.07) is 6.47. The predicted molar refractivity (Wildman–Crippen MR) is 76.6 cm³/mol. The minimum atomic E-state index is -0.338. The van der Waals surface area contributed by atoms with Gasteiger partial charge in [0.1, 0.15) is 23.7 Å². The highest BCUT2D eigenvalue weighted by molar-refractivity contribution is 7.15. The second-order valence-electron chi connectivity index (χ2n) is 3.96. The van der Waals surface area contributed by atoms with Crippen LogP contribution < -0.4 is 10.1 Å². The summed E-state index contributed by atoms with van der Waals surface area (Å²) in [7, 11) is 1.56. The van der Waals surface area contributed by atoms with Crippen LogP contribution in [0.1, 0.15) is 15.4 Å². The van der Waals surface area contributed by atoms with Gasteiger partial charge in [0, 0.05) is 12.7 Å². The Morgan fingerprint density at radius 1 is 1.33 bits per heavy atom. The number of hydrogen-bond donors (Lipinski definition) is 1. The Balaban J connectivity index is 1.81. The molecule has 0 fully saturated rings. The molecule has 2 aromatic rings. The van der Waals surface area contributed by atoms with Gasteiger partial charge in [-0.05, 0) is 24.3 Å². The van der Waals surface area contributed by atoms with Crippen molar-refractivity contribution >= 4 is 28.7 Å². The highest BCUT2D eigenvalue weighted by atomic mass is 32.1. The molecule has 7 nitrogen and oxygen atoms in total. The first-order valence-corrected chi connectivity index (χ1v) is 6.82. The Morgan fingerprint density at radius 3 is 2.76 bits per heavy atom. The zero-order valence-corrected chi connectivity index (χ0v) is 12.1. The van der Waals surface area contributed by atoms with E-state index in [1.165, 1.54) is 11.3 Å². The van der Waals surface area contributed by atoms with Gasteiger partial charge in [0.25, 0.3) is 5.91 Å². The molecule has 0 bridgehead atoms. The number of methoxy groups -OCH3 is 1. The number of rotatable bonds is 7. The van der Waals surface area contributed by atoms with Crippen molar-refractivity contribution in [1.82, 2.24) is 10.2 Å². The molecule has 0 saturated heterocycles. The van der Waals surface area contributed by atoms with Gasteiger partial charge in [-0.25, -0.2) is 0 Å². The molecule has 0 saturated carbocycles. The lowest BCUT2D eigenvalue weighted by Crippen LogP contribution is -2.20. The summed E-state index contributed by atoms with van der Waals surface area (Å²) >= 11 is 1.24. The van der Waals surface area contributed by atoms with Gasteiger partial charge in [0.15, 0.2) is 6.61 Å². The number of aromatic nitrogens is 2. The van der Waals surface area contributed by atoms with E-state index in [4.69, 9.17) is 9.47 Å². The van der Waals surface area contributed by atoms with Crippen molar-refractivity contribution in [2.24, 2.45) is 0 Å². The molecule has 0 atom stereocenters. The van der Waals surface area contributed by atoms with Crippen LogP contribution in [0.2, 0.25) is 0 Å². The van der Waals surface area contributed by atoms with E-state index in [-0.39, 0.29) is 12.5 Å². The summed E-state index contributed by atoms with van der Waals surface area (Å²) in [4.78, 5) is 22.2. The molecule has 1 heterocycles. The van der Waals surface area contributed by atoms with E-state index in [0.29, 0.717) is 28.1 Å². The van der Waals surface area contributed by atoms with Crippen molar-refractivity contribution < 1.29 is 19.1 Å². The van der Waals surface area contributed by atoms with Gasteiger partial charge in [0.2, 0.25) is 5.13 Å². The molecule has 0 radical (unpaired) electrons. The maximum atomic E-state index is 11.7.